The maximum absolute atomic E-state index is 13.2. The predicted octanol–water partition coefficient (Wildman–Crippen LogP) is 2.87. The number of carbonyl (C=O) groups excluding carboxylic acids is 1. The van der Waals surface area contributed by atoms with E-state index in [4.69, 9.17) is 0 Å². The number of rotatable bonds is 7. The highest BCUT2D eigenvalue weighted by Crippen LogP contribution is 2.27. The van der Waals surface area contributed by atoms with Gasteiger partial charge in [0.05, 0.1) is 17.7 Å². The van der Waals surface area contributed by atoms with Crippen LogP contribution >= 0.6 is 0 Å². The third-order valence-corrected chi connectivity index (χ3v) is 6.84. The summed E-state index contributed by atoms with van der Waals surface area (Å²) in [4.78, 5) is 12.6. The van der Waals surface area contributed by atoms with Crippen LogP contribution in [0.4, 0.5) is 0 Å². The lowest BCUT2D eigenvalue weighted by molar-refractivity contribution is -0.121. The highest BCUT2D eigenvalue weighted by atomic mass is 32.2. The molecule has 1 amide bonds. The molecule has 2 N–H and O–H groups in total. The Morgan fingerprint density at radius 3 is 2.38 bits per heavy atom. The standard InChI is InChI=1S/C21H25N3O4S/c25-19-13-11-17(12-14-19)15-22-23-21(26)16-24(18-7-3-1-4-8-18)29(27,28)20-9-5-2-6-10-20/h2,5-6,9-15,18,25H,1,3-4,7-8,16H2,(H,23,26)/b22-15+. The second-order valence-electron chi connectivity index (χ2n) is 7.04. The molecule has 7 nitrogen and oxygen atoms in total. The quantitative estimate of drug-likeness (QED) is 0.536. The fourth-order valence-corrected chi connectivity index (χ4v) is 5.09. The molecular weight excluding hydrogens is 390 g/mol. The first kappa shape index (κ1) is 21.0. The lowest BCUT2D eigenvalue weighted by Gasteiger charge is -2.32. The van der Waals surface area contributed by atoms with Crippen molar-refractivity contribution in [1.29, 1.82) is 0 Å². The van der Waals surface area contributed by atoms with E-state index in [0.29, 0.717) is 5.56 Å². The topological polar surface area (TPSA) is 99.1 Å². The van der Waals surface area contributed by atoms with Crippen molar-refractivity contribution in [2.45, 2.75) is 43.0 Å². The van der Waals surface area contributed by atoms with Crippen molar-refractivity contribution in [1.82, 2.24) is 9.73 Å². The molecule has 2 aromatic carbocycles. The largest absolute Gasteiger partial charge is 0.508 e. The number of nitrogens with one attached hydrogen (secondary N) is 1. The van der Waals surface area contributed by atoms with Crippen LogP contribution in [0.25, 0.3) is 0 Å². The van der Waals surface area contributed by atoms with Crippen LogP contribution < -0.4 is 5.43 Å². The Kier molecular flexibility index (Phi) is 7.00. The van der Waals surface area contributed by atoms with Crippen LogP contribution in [0.5, 0.6) is 5.75 Å². The fourth-order valence-electron chi connectivity index (χ4n) is 3.42. The molecule has 0 spiro atoms. The zero-order chi connectivity index (χ0) is 20.7. The summed E-state index contributed by atoms with van der Waals surface area (Å²) in [6.45, 7) is -0.283. The van der Waals surface area contributed by atoms with Crippen LogP contribution in [0, 0.1) is 0 Å². The minimum Gasteiger partial charge on any atom is -0.508 e. The van der Waals surface area contributed by atoms with Gasteiger partial charge in [0.1, 0.15) is 5.75 Å². The van der Waals surface area contributed by atoms with Gasteiger partial charge in [0.25, 0.3) is 5.91 Å². The molecule has 8 heteroatoms. The molecule has 0 bridgehead atoms. The molecule has 1 fully saturated rings. The number of phenolic OH excluding ortho intramolecular Hbond substituents is 1. The Bertz CT molecular complexity index is 938. The SMILES string of the molecule is O=C(CN(C1CCCCC1)S(=O)(=O)c1ccccc1)N/N=C/c1ccc(O)cc1. The molecule has 2 aromatic rings. The van der Waals surface area contributed by atoms with Gasteiger partial charge in [-0.3, -0.25) is 4.79 Å². The van der Waals surface area contributed by atoms with Gasteiger partial charge in [0.2, 0.25) is 10.0 Å². The first-order chi connectivity index (χ1) is 14.0. The second-order valence-corrected chi connectivity index (χ2v) is 8.93. The van der Waals surface area contributed by atoms with E-state index in [-0.39, 0.29) is 23.2 Å². The molecule has 29 heavy (non-hydrogen) atoms. The third kappa shape index (κ3) is 5.65. The molecule has 0 heterocycles. The van der Waals surface area contributed by atoms with Crippen LogP contribution in [0.15, 0.2) is 64.6 Å². The number of aromatic hydroxyl groups is 1. The molecular formula is C21H25N3O4S. The van der Waals surface area contributed by atoms with Gasteiger partial charge in [0.15, 0.2) is 0 Å². The number of hydrogen-bond donors (Lipinski definition) is 2. The summed E-state index contributed by atoms with van der Waals surface area (Å²) in [5.41, 5.74) is 3.10. The minimum absolute atomic E-state index is 0.139. The van der Waals surface area contributed by atoms with Crippen LogP contribution in [0.2, 0.25) is 0 Å². The van der Waals surface area contributed by atoms with E-state index in [1.807, 2.05) is 0 Å². The molecule has 154 valence electrons. The number of phenols is 1. The molecule has 0 atom stereocenters. The zero-order valence-corrected chi connectivity index (χ0v) is 16.9. The molecule has 0 radical (unpaired) electrons. The lowest BCUT2D eigenvalue weighted by Crippen LogP contribution is -2.46. The summed E-state index contributed by atoms with van der Waals surface area (Å²) < 4.78 is 27.7. The predicted molar refractivity (Wildman–Crippen MR) is 111 cm³/mol. The number of hydrogen-bond acceptors (Lipinski definition) is 5. The van der Waals surface area contributed by atoms with Crippen LogP contribution in [-0.2, 0) is 14.8 Å². The maximum atomic E-state index is 13.2. The molecule has 0 aliphatic heterocycles. The molecule has 1 saturated carbocycles. The third-order valence-electron chi connectivity index (χ3n) is 4.93. The fraction of sp³-hybridized carbons (Fsp3) is 0.333. The summed E-state index contributed by atoms with van der Waals surface area (Å²) in [6.07, 6.45) is 5.91. The highest BCUT2D eigenvalue weighted by Gasteiger charge is 2.33. The average molecular weight is 416 g/mol. The van der Waals surface area contributed by atoms with Gasteiger partial charge >= 0.3 is 0 Å². The molecule has 1 aliphatic rings. The van der Waals surface area contributed by atoms with Gasteiger partial charge in [-0.25, -0.2) is 13.8 Å². The number of carbonyl (C=O) groups is 1. The van der Waals surface area contributed by atoms with E-state index >= 15 is 0 Å². The van der Waals surface area contributed by atoms with E-state index in [9.17, 15) is 18.3 Å². The highest BCUT2D eigenvalue weighted by molar-refractivity contribution is 7.89. The lowest BCUT2D eigenvalue weighted by atomic mass is 9.95. The Balaban J connectivity index is 1.72. The van der Waals surface area contributed by atoms with E-state index in [0.717, 1.165) is 32.1 Å². The van der Waals surface area contributed by atoms with Crippen molar-refractivity contribution in [2.75, 3.05) is 6.54 Å². The second kappa shape index (κ2) is 9.67. The van der Waals surface area contributed by atoms with Gasteiger partial charge in [-0.1, -0.05) is 37.5 Å². The number of amides is 1. The maximum Gasteiger partial charge on any atom is 0.255 e. The average Bonchev–Trinajstić information content (AvgIpc) is 2.74. The van der Waals surface area contributed by atoms with E-state index in [2.05, 4.69) is 10.5 Å². The first-order valence-electron chi connectivity index (χ1n) is 9.64. The minimum atomic E-state index is -3.78. The number of benzene rings is 2. The summed E-state index contributed by atoms with van der Waals surface area (Å²) >= 11 is 0. The number of sulfonamides is 1. The Labute approximate surface area is 171 Å². The Morgan fingerprint density at radius 1 is 1.07 bits per heavy atom. The molecule has 0 aromatic heterocycles. The Hall–Kier alpha value is -2.71. The van der Waals surface area contributed by atoms with E-state index < -0.39 is 15.9 Å². The van der Waals surface area contributed by atoms with Crippen LogP contribution in [-0.4, -0.2) is 42.5 Å². The zero-order valence-electron chi connectivity index (χ0n) is 16.1. The smallest absolute Gasteiger partial charge is 0.255 e. The van der Waals surface area contributed by atoms with Crippen molar-refractivity contribution in [3.63, 3.8) is 0 Å². The van der Waals surface area contributed by atoms with Crippen molar-refractivity contribution in [3.8, 4) is 5.75 Å². The summed E-state index contributed by atoms with van der Waals surface area (Å²) in [6, 6.07) is 14.3. The van der Waals surface area contributed by atoms with Gasteiger partial charge in [-0.2, -0.15) is 9.41 Å². The van der Waals surface area contributed by atoms with Crippen LogP contribution in [0.1, 0.15) is 37.7 Å². The summed E-state index contributed by atoms with van der Waals surface area (Å²) in [5.74, 6) is -0.356. The number of hydrazone groups is 1. The molecule has 3 rings (SSSR count). The summed E-state index contributed by atoms with van der Waals surface area (Å²) in [5, 5.41) is 13.2. The molecule has 0 saturated heterocycles. The summed E-state index contributed by atoms with van der Waals surface area (Å²) in [7, 11) is -3.78. The monoisotopic (exact) mass is 415 g/mol. The van der Waals surface area contributed by atoms with Gasteiger partial charge in [0, 0.05) is 6.04 Å². The van der Waals surface area contributed by atoms with Gasteiger partial charge in [-0.15, -0.1) is 0 Å². The van der Waals surface area contributed by atoms with Crippen molar-refractivity contribution >= 4 is 22.1 Å². The normalized spacial score (nSPS) is 15.6. The van der Waals surface area contributed by atoms with Gasteiger partial charge in [-0.05, 0) is 54.8 Å². The van der Waals surface area contributed by atoms with Crippen molar-refractivity contribution in [3.05, 3.63) is 60.2 Å². The van der Waals surface area contributed by atoms with Crippen molar-refractivity contribution in [2.24, 2.45) is 5.10 Å². The molecule has 1 aliphatic carbocycles. The number of nitrogens with zero attached hydrogens (tertiary/aromatic N) is 2. The molecule has 0 unspecified atom stereocenters. The van der Waals surface area contributed by atoms with Crippen LogP contribution in [0.3, 0.4) is 0 Å². The Morgan fingerprint density at radius 2 is 1.72 bits per heavy atom. The van der Waals surface area contributed by atoms with E-state index in [1.165, 1.54) is 22.7 Å². The first-order valence-corrected chi connectivity index (χ1v) is 11.1. The van der Waals surface area contributed by atoms with Gasteiger partial charge < -0.3 is 5.11 Å². The van der Waals surface area contributed by atoms with E-state index in [1.54, 1.807) is 42.5 Å². The van der Waals surface area contributed by atoms with Crippen molar-refractivity contribution < 1.29 is 18.3 Å².